The first-order valence-corrected chi connectivity index (χ1v) is 33.8. The summed E-state index contributed by atoms with van der Waals surface area (Å²) in [7, 11) is 1.46. The van der Waals surface area contributed by atoms with E-state index in [0.29, 0.717) is 17.4 Å². The third kappa shape index (κ3) is 63.6. The van der Waals surface area contributed by atoms with Crippen molar-refractivity contribution < 1.29 is 42.1 Å². The van der Waals surface area contributed by atoms with Crippen LogP contribution < -0.4 is 0 Å². The average Bonchev–Trinajstić information content (AvgIpc) is 3.42. The SMILES string of the molecule is CC/C=C\C/C=C\C/C=C\C/C=C\C/C=C\C/C=C\C/C=C\CCCCCCCCCC(=O)OC(COC(=O)CCCCCCCCCCCCCC/C=C\C/C=C\C/C=C\CCCCCCC)COP(=O)(O)OCC[N+](C)(C)C. The van der Waals surface area contributed by atoms with Crippen LogP contribution >= 0.6 is 7.82 Å². The Morgan fingerprint density at radius 1 is 0.400 bits per heavy atom. The van der Waals surface area contributed by atoms with E-state index in [4.69, 9.17) is 18.5 Å². The van der Waals surface area contributed by atoms with Crippen molar-refractivity contribution in [2.75, 3.05) is 47.5 Å². The molecule has 1 N–H and O–H groups in total. The van der Waals surface area contributed by atoms with Gasteiger partial charge in [0.1, 0.15) is 19.8 Å². The number of hydrogen-bond acceptors (Lipinski definition) is 7. The molecule has 2 atom stereocenters. The van der Waals surface area contributed by atoms with Crippen molar-refractivity contribution in [2.45, 2.75) is 264 Å². The molecule has 0 rings (SSSR count). The summed E-state index contributed by atoms with van der Waals surface area (Å²) in [4.78, 5) is 35.8. The Bertz CT molecular complexity index is 1760. The second-order valence-electron chi connectivity index (χ2n) is 22.4. The summed E-state index contributed by atoms with van der Waals surface area (Å²) in [5.41, 5.74) is 0. The number of allylic oxidation sites excluding steroid dienone is 20. The Balaban J connectivity index is 4.18. The molecule has 0 saturated carbocycles. The van der Waals surface area contributed by atoms with E-state index in [-0.39, 0.29) is 32.0 Å². The lowest BCUT2D eigenvalue weighted by Crippen LogP contribution is -2.37. The summed E-state index contributed by atoms with van der Waals surface area (Å²) < 4.78 is 34.6. The number of carbonyl (C=O) groups excluding carboxylic acids is 2. The number of hydrogen-bond donors (Lipinski definition) is 1. The standard InChI is InChI=1S/C70H120NO8P/c1-6-8-10-12-14-16-18-20-22-24-26-28-30-32-34-35-37-39-41-43-45-47-49-51-53-55-57-59-61-63-70(73)79-68(67-78-80(74,75)77-65-64-71(3,4)5)66-76-69(72)62-60-58-56-54-52-50-48-46-44-42-40-38-36-33-31-29-27-25-23-21-19-17-15-13-11-9-7-2/h8,10,14,16,19-22,25-28,31-34,37,39,43,45,68H,6-7,9,11-13,15,17-18,23-24,29-30,35-36,38,40-42,44,46-67H2,1-5H3/p+1/b10-8-,16-14-,21-19-,22-20-,27-25-,28-26-,33-31-,34-32-,39-37-,45-43-. The number of phosphoric ester groups is 1. The van der Waals surface area contributed by atoms with Crippen LogP contribution in [0.15, 0.2) is 122 Å². The van der Waals surface area contributed by atoms with Crippen LogP contribution in [0.4, 0.5) is 0 Å². The molecule has 2 unspecified atom stereocenters. The van der Waals surface area contributed by atoms with Crippen molar-refractivity contribution in [2.24, 2.45) is 0 Å². The molecule has 0 aromatic rings. The minimum absolute atomic E-state index is 0.0229. The molecule has 0 aliphatic carbocycles. The fourth-order valence-electron chi connectivity index (χ4n) is 8.53. The van der Waals surface area contributed by atoms with E-state index in [9.17, 15) is 19.0 Å². The molecule has 0 aliphatic rings. The third-order valence-electron chi connectivity index (χ3n) is 13.5. The predicted molar refractivity (Wildman–Crippen MR) is 344 cm³/mol. The number of nitrogens with zero attached hydrogens (tertiary/aromatic N) is 1. The molecule has 0 heterocycles. The zero-order valence-corrected chi connectivity index (χ0v) is 52.9. The second kappa shape index (κ2) is 60.0. The highest BCUT2D eigenvalue weighted by Crippen LogP contribution is 2.43. The molecule has 80 heavy (non-hydrogen) atoms. The van der Waals surface area contributed by atoms with Crippen LogP contribution in [-0.4, -0.2) is 74.9 Å². The topological polar surface area (TPSA) is 108 Å². The molecule has 0 aliphatic heterocycles. The van der Waals surface area contributed by atoms with Gasteiger partial charge in [0.2, 0.25) is 0 Å². The first kappa shape index (κ1) is 76.4. The number of rotatable bonds is 58. The molecule has 0 amide bonds. The van der Waals surface area contributed by atoms with E-state index in [0.717, 1.165) is 103 Å². The van der Waals surface area contributed by atoms with Gasteiger partial charge in [0.15, 0.2) is 6.10 Å². The zero-order chi connectivity index (χ0) is 58.4. The quantitative estimate of drug-likeness (QED) is 0.0211. The van der Waals surface area contributed by atoms with Crippen LogP contribution in [0, 0.1) is 0 Å². The van der Waals surface area contributed by atoms with Crippen molar-refractivity contribution >= 4 is 19.8 Å². The summed E-state index contributed by atoms with van der Waals surface area (Å²) in [6, 6.07) is 0. The largest absolute Gasteiger partial charge is 0.472 e. The maximum Gasteiger partial charge on any atom is 0.472 e. The minimum Gasteiger partial charge on any atom is -0.462 e. The summed E-state index contributed by atoms with van der Waals surface area (Å²) in [6.07, 6.45) is 85.6. The van der Waals surface area contributed by atoms with Crippen LogP contribution in [0.25, 0.3) is 0 Å². The van der Waals surface area contributed by atoms with Crippen LogP contribution in [0.1, 0.15) is 258 Å². The summed E-state index contributed by atoms with van der Waals surface area (Å²) in [5, 5.41) is 0. The number of unbranched alkanes of at least 4 members (excludes halogenated alkanes) is 24. The van der Waals surface area contributed by atoms with E-state index >= 15 is 0 Å². The lowest BCUT2D eigenvalue weighted by atomic mass is 10.0. The molecular formula is C70H121NO8P+. The fourth-order valence-corrected chi connectivity index (χ4v) is 9.27. The molecule has 0 saturated heterocycles. The number of ether oxygens (including phenoxy) is 2. The van der Waals surface area contributed by atoms with Gasteiger partial charge in [-0.1, -0.05) is 257 Å². The van der Waals surface area contributed by atoms with Gasteiger partial charge in [-0.25, -0.2) is 4.57 Å². The molecule has 0 radical (unpaired) electrons. The number of phosphoric acid groups is 1. The highest BCUT2D eigenvalue weighted by Gasteiger charge is 2.27. The molecule has 458 valence electrons. The highest BCUT2D eigenvalue weighted by molar-refractivity contribution is 7.47. The number of esters is 2. The van der Waals surface area contributed by atoms with Gasteiger partial charge >= 0.3 is 19.8 Å². The first-order valence-electron chi connectivity index (χ1n) is 32.3. The van der Waals surface area contributed by atoms with Crippen LogP contribution in [0.2, 0.25) is 0 Å². The van der Waals surface area contributed by atoms with Gasteiger partial charge in [-0.05, 0) is 109 Å². The zero-order valence-electron chi connectivity index (χ0n) is 52.0. The number of quaternary nitrogens is 1. The van der Waals surface area contributed by atoms with Gasteiger partial charge in [-0.2, -0.15) is 0 Å². The smallest absolute Gasteiger partial charge is 0.462 e. The van der Waals surface area contributed by atoms with E-state index < -0.39 is 26.5 Å². The van der Waals surface area contributed by atoms with Crippen molar-refractivity contribution in [1.29, 1.82) is 0 Å². The van der Waals surface area contributed by atoms with E-state index in [1.165, 1.54) is 122 Å². The Hall–Kier alpha value is -3.59. The molecule has 0 bridgehead atoms. The minimum atomic E-state index is -4.40. The maximum absolute atomic E-state index is 12.9. The average molecular weight is 1140 g/mol. The van der Waals surface area contributed by atoms with Crippen LogP contribution in [0.5, 0.6) is 0 Å². The summed E-state index contributed by atoms with van der Waals surface area (Å²) in [6.45, 7) is 4.29. The predicted octanol–water partition coefficient (Wildman–Crippen LogP) is 20.7. The lowest BCUT2D eigenvalue weighted by molar-refractivity contribution is -0.870. The lowest BCUT2D eigenvalue weighted by Gasteiger charge is -2.24. The molecule has 0 aromatic heterocycles. The highest BCUT2D eigenvalue weighted by atomic mass is 31.2. The molecule has 0 spiro atoms. The van der Waals surface area contributed by atoms with Gasteiger partial charge in [0.05, 0.1) is 27.7 Å². The van der Waals surface area contributed by atoms with Gasteiger partial charge in [0.25, 0.3) is 0 Å². The van der Waals surface area contributed by atoms with Gasteiger partial charge < -0.3 is 18.9 Å². The van der Waals surface area contributed by atoms with Gasteiger partial charge in [-0.3, -0.25) is 18.6 Å². The molecule has 10 heteroatoms. The third-order valence-corrected chi connectivity index (χ3v) is 14.5. The van der Waals surface area contributed by atoms with Gasteiger partial charge in [-0.15, -0.1) is 0 Å². The number of carbonyl (C=O) groups is 2. The Labute approximate surface area is 492 Å². The van der Waals surface area contributed by atoms with E-state index in [1.54, 1.807) is 0 Å². The normalized spacial score (nSPS) is 14.0. The number of likely N-dealkylation sites (N-methyl/N-ethyl adjacent to an activating group) is 1. The van der Waals surface area contributed by atoms with Gasteiger partial charge in [0, 0.05) is 12.8 Å². The Kier molecular flexibility index (Phi) is 57.3. The van der Waals surface area contributed by atoms with Crippen molar-refractivity contribution in [3.8, 4) is 0 Å². The van der Waals surface area contributed by atoms with E-state index in [1.807, 2.05) is 21.1 Å². The fraction of sp³-hybridized carbons (Fsp3) is 0.686. The molecule has 0 aromatic carbocycles. The maximum atomic E-state index is 12.9. The monoisotopic (exact) mass is 1130 g/mol. The van der Waals surface area contributed by atoms with Crippen molar-refractivity contribution in [3.63, 3.8) is 0 Å². The summed E-state index contributed by atoms with van der Waals surface area (Å²) in [5.74, 6) is -0.816. The van der Waals surface area contributed by atoms with Crippen LogP contribution in [-0.2, 0) is 32.7 Å². The van der Waals surface area contributed by atoms with Crippen molar-refractivity contribution in [3.05, 3.63) is 122 Å². The molecule has 9 nitrogen and oxygen atoms in total. The van der Waals surface area contributed by atoms with Crippen LogP contribution in [0.3, 0.4) is 0 Å². The Morgan fingerprint density at radius 3 is 1.06 bits per heavy atom. The molecule has 0 fully saturated rings. The van der Waals surface area contributed by atoms with Crippen molar-refractivity contribution in [1.82, 2.24) is 0 Å². The second-order valence-corrected chi connectivity index (χ2v) is 23.9. The van der Waals surface area contributed by atoms with E-state index in [2.05, 4.69) is 135 Å². The first-order chi connectivity index (χ1) is 39.0. The molecular weight excluding hydrogens is 1010 g/mol. The Morgan fingerprint density at radius 2 is 0.713 bits per heavy atom. The summed E-state index contributed by atoms with van der Waals surface area (Å²) >= 11 is 0.